The first-order chi connectivity index (χ1) is 10.1. The fourth-order valence-electron chi connectivity index (χ4n) is 2.41. The maximum atomic E-state index is 7.67. The van der Waals surface area contributed by atoms with Gasteiger partial charge in [0.25, 0.3) is 0 Å². The Labute approximate surface area is 122 Å². The summed E-state index contributed by atoms with van der Waals surface area (Å²) in [5, 5.41) is 14.2. The van der Waals surface area contributed by atoms with Gasteiger partial charge in [0.05, 0.1) is 5.69 Å². The molecule has 0 unspecified atom stereocenters. The molecule has 0 saturated carbocycles. The number of fused-ring (bicyclic) bond motifs is 1. The monoisotopic (exact) mass is 280 g/mol. The van der Waals surface area contributed by atoms with Crippen LogP contribution in [0.25, 0.3) is 10.8 Å². The fourth-order valence-corrected chi connectivity index (χ4v) is 2.41. The maximum absolute atomic E-state index is 7.67. The molecule has 5 nitrogen and oxygen atoms in total. The van der Waals surface area contributed by atoms with E-state index in [2.05, 4.69) is 5.10 Å². The lowest BCUT2D eigenvalue weighted by Crippen LogP contribution is -2.13. The van der Waals surface area contributed by atoms with Crippen molar-refractivity contribution in [1.82, 2.24) is 9.78 Å². The molecule has 3 aromatic rings. The first-order valence-electron chi connectivity index (χ1n) is 6.61. The van der Waals surface area contributed by atoms with Gasteiger partial charge in [-0.3, -0.25) is 5.41 Å². The Balaban J connectivity index is 2.04. The molecular weight excluding hydrogens is 264 g/mol. The molecule has 1 aromatic heterocycles. The topological polar surface area (TPSA) is 76.9 Å². The van der Waals surface area contributed by atoms with E-state index in [9.17, 15) is 0 Å². The van der Waals surface area contributed by atoms with Crippen LogP contribution in [0.4, 0.5) is 0 Å². The molecule has 0 aliphatic heterocycles. The molecular formula is C16H16N4O. The molecule has 0 atom stereocenters. The zero-order chi connectivity index (χ0) is 15.0. The number of aryl methyl sites for hydroxylation is 2. The number of hydrogen-bond donors (Lipinski definition) is 2. The summed E-state index contributed by atoms with van der Waals surface area (Å²) in [7, 11) is 1.77. The van der Waals surface area contributed by atoms with E-state index in [0.717, 1.165) is 10.8 Å². The Hall–Kier alpha value is -2.82. The van der Waals surface area contributed by atoms with Gasteiger partial charge in [0, 0.05) is 7.05 Å². The van der Waals surface area contributed by atoms with Crippen molar-refractivity contribution in [1.29, 1.82) is 5.41 Å². The van der Waals surface area contributed by atoms with Crippen LogP contribution in [0.5, 0.6) is 11.6 Å². The number of nitrogens with two attached hydrogens (primary N) is 1. The molecule has 0 aliphatic rings. The van der Waals surface area contributed by atoms with E-state index in [1.54, 1.807) is 11.7 Å². The summed E-state index contributed by atoms with van der Waals surface area (Å²) >= 11 is 0. The molecule has 3 rings (SSSR count). The standard InChI is InChI=1S/C16H16N4O/c1-10-14(15(17)18)16(20(2)19-10)21-13-8-7-11-5-3-4-6-12(11)9-13/h3-9H,1-2H3,(H3,17,18). The van der Waals surface area contributed by atoms with Crippen LogP contribution in [0, 0.1) is 12.3 Å². The van der Waals surface area contributed by atoms with E-state index in [4.69, 9.17) is 15.9 Å². The highest BCUT2D eigenvalue weighted by Gasteiger charge is 2.18. The number of nitrogens with zero attached hydrogens (tertiary/aromatic N) is 2. The first kappa shape index (κ1) is 13.2. The molecule has 5 heteroatoms. The SMILES string of the molecule is Cc1nn(C)c(Oc2ccc3ccccc3c2)c1C(=N)N. The van der Waals surface area contributed by atoms with Crippen molar-refractivity contribution in [3.8, 4) is 11.6 Å². The van der Waals surface area contributed by atoms with Gasteiger partial charge in [0.15, 0.2) is 0 Å². The van der Waals surface area contributed by atoms with Crippen molar-refractivity contribution in [2.45, 2.75) is 6.92 Å². The normalized spacial score (nSPS) is 10.8. The lowest BCUT2D eigenvalue weighted by atomic mass is 10.1. The van der Waals surface area contributed by atoms with Gasteiger partial charge in [-0.2, -0.15) is 5.10 Å². The van der Waals surface area contributed by atoms with Crippen molar-refractivity contribution >= 4 is 16.6 Å². The van der Waals surface area contributed by atoms with Gasteiger partial charge in [-0.1, -0.05) is 30.3 Å². The summed E-state index contributed by atoms with van der Waals surface area (Å²) in [6.07, 6.45) is 0. The summed E-state index contributed by atoms with van der Waals surface area (Å²) < 4.78 is 7.51. The van der Waals surface area contributed by atoms with E-state index in [1.165, 1.54) is 0 Å². The largest absolute Gasteiger partial charge is 0.438 e. The summed E-state index contributed by atoms with van der Waals surface area (Å²) in [4.78, 5) is 0. The minimum Gasteiger partial charge on any atom is -0.438 e. The average Bonchev–Trinajstić information content (AvgIpc) is 2.73. The number of ether oxygens (including phenoxy) is 1. The third kappa shape index (κ3) is 2.33. The summed E-state index contributed by atoms with van der Waals surface area (Å²) in [5.41, 5.74) is 6.84. The predicted octanol–water partition coefficient (Wildman–Crippen LogP) is 2.96. The van der Waals surface area contributed by atoms with E-state index < -0.39 is 0 Å². The molecule has 106 valence electrons. The molecule has 21 heavy (non-hydrogen) atoms. The minimum absolute atomic E-state index is 0.0450. The van der Waals surface area contributed by atoms with Crippen molar-refractivity contribution in [3.63, 3.8) is 0 Å². The zero-order valence-corrected chi connectivity index (χ0v) is 11.9. The molecule has 0 aliphatic carbocycles. The number of nitrogen functional groups attached to an aromatic ring is 1. The van der Waals surface area contributed by atoms with Gasteiger partial charge in [-0.05, 0) is 29.8 Å². The van der Waals surface area contributed by atoms with Gasteiger partial charge in [-0.15, -0.1) is 0 Å². The predicted molar refractivity (Wildman–Crippen MR) is 83.0 cm³/mol. The molecule has 0 saturated heterocycles. The van der Waals surface area contributed by atoms with Crippen LogP contribution >= 0.6 is 0 Å². The number of amidine groups is 1. The number of hydrogen-bond acceptors (Lipinski definition) is 3. The van der Waals surface area contributed by atoms with Crippen LogP contribution in [0.2, 0.25) is 0 Å². The molecule has 2 aromatic carbocycles. The van der Waals surface area contributed by atoms with E-state index in [0.29, 0.717) is 22.9 Å². The Kier molecular flexibility index (Phi) is 3.10. The molecule has 1 heterocycles. The molecule has 0 radical (unpaired) electrons. The lowest BCUT2D eigenvalue weighted by Gasteiger charge is -2.09. The zero-order valence-electron chi connectivity index (χ0n) is 11.9. The first-order valence-corrected chi connectivity index (χ1v) is 6.61. The van der Waals surface area contributed by atoms with Gasteiger partial charge in [0.1, 0.15) is 17.1 Å². The van der Waals surface area contributed by atoms with Crippen molar-refractivity contribution in [2.75, 3.05) is 0 Å². The van der Waals surface area contributed by atoms with Gasteiger partial charge in [0.2, 0.25) is 5.88 Å². The Bertz CT molecular complexity index is 835. The van der Waals surface area contributed by atoms with Gasteiger partial charge < -0.3 is 10.5 Å². The Morgan fingerprint density at radius 2 is 1.90 bits per heavy atom. The van der Waals surface area contributed by atoms with E-state index in [1.807, 2.05) is 49.4 Å². The molecule has 0 bridgehead atoms. The summed E-state index contributed by atoms with van der Waals surface area (Å²) in [6, 6.07) is 13.9. The summed E-state index contributed by atoms with van der Waals surface area (Å²) in [6.45, 7) is 1.81. The van der Waals surface area contributed by atoms with Crippen LogP contribution in [-0.4, -0.2) is 15.6 Å². The number of aromatic nitrogens is 2. The smallest absolute Gasteiger partial charge is 0.228 e. The lowest BCUT2D eigenvalue weighted by molar-refractivity contribution is 0.430. The van der Waals surface area contributed by atoms with Crippen LogP contribution in [-0.2, 0) is 7.05 Å². The second-order valence-electron chi connectivity index (χ2n) is 4.91. The second-order valence-corrected chi connectivity index (χ2v) is 4.91. The fraction of sp³-hybridized carbons (Fsp3) is 0.125. The Morgan fingerprint density at radius 1 is 1.19 bits per heavy atom. The van der Waals surface area contributed by atoms with Crippen LogP contribution < -0.4 is 10.5 Å². The third-order valence-corrected chi connectivity index (χ3v) is 3.37. The quantitative estimate of drug-likeness (QED) is 0.572. The highest BCUT2D eigenvalue weighted by atomic mass is 16.5. The van der Waals surface area contributed by atoms with Crippen LogP contribution in [0.3, 0.4) is 0 Å². The second kappa shape index (κ2) is 4.94. The molecule has 0 spiro atoms. The minimum atomic E-state index is -0.0450. The number of nitrogens with one attached hydrogen (secondary N) is 1. The number of rotatable bonds is 3. The molecule has 3 N–H and O–H groups in total. The number of benzene rings is 2. The van der Waals surface area contributed by atoms with Crippen LogP contribution in [0.1, 0.15) is 11.3 Å². The maximum Gasteiger partial charge on any atom is 0.228 e. The molecule has 0 amide bonds. The van der Waals surface area contributed by atoms with Crippen molar-refractivity contribution in [2.24, 2.45) is 12.8 Å². The van der Waals surface area contributed by atoms with Crippen molar-refractivity contribution < 1.29 is 4.74 Å². The van der Waals surface area contributed by atoms with E-state index in [-0.39, 0.29) is 5.84 Å². The highest BCUT2D eigenvalue weighted by Crippen LogP contribution is 2.29. The van der Waals surface area contributed by atoms with Gasteiger partial charge >= 0.3 is 0 Å². The van der Waals surface area contributed by atoms with Crippen molar-refractivity contribution in [3.05, 3.63) is 53.7 Å². The highest BCUT2D eigenvalue weighted by molar-refractivity contribution is 5.98. The Morgan fingerprint density at radius 3 is 2.62 bits per heavy atom. The summed E-state index contributed by atoms with van der Waals surface area (Å²) in [5.74, 6) is 1.13. The van der Waals surface area contributed by atoms with Crippen LogP contribution in [0.15, 0.2) is 42.5 Å². The third-order valence-electron chi connectivity index (χ3n) is 3.37. The van der Waals surface area contributed by atoms with E-state index >= 15 is 0 Å². The van der Waals surface area contributed by atoms with Gasteiger partial charge in [-0.25, -0.2) is 4.68 Å². The average molecular weight is 280 g/mol. The molecule has 0 fully saturated rings.